The van der Waals surface area contributed by atoms with E-state index < -0.39 is 0 Å². The number of nitrogens with zero attached hydrogens (tertiary/aromatic N) is 2. The predicted molar refractivity (Wildman–Crippen MR) is 58.3 cm³/mol. The van der Waals surface area contributed by atoms with Crippen LogP contribution >= 0.6 is 0 Å². The lowest BCUT2D eigenvalue weighted by molar-refractivity contribution is 0.112. The Balaban J connectivity index is 2.01. The molecule has 1 fully saturated rings. The minimum atomic E-state index is 0.249. The van der Waals surface area contributed by atoms with Crippen molar-refractivity contribution in [3.63, 3.8) is 0 Å². The van der Waals surface area contributed by atoms with Crippen LogP contribution in [0.15, 0.2) is 0 Å². The first kappa shape index (κ1) is 12.4. The standard InChI is InChI=1S/C10H20N3O2/c14-9-8-13-6-4-12(5-7-13)3-1-2-11-10-15/h14H,1-9H2,(H,11,15). The lowest BCUT2D eigenvalue weighted by Gasteiger charge is -2.34. The molecule has 0 spiro atoms. The van der Waals surface area contributed by atoms with E-state index in [0.717, 1.165) is 45.7 Å². The number of rotatable bonds is 7. The summed E-state index contributed by atoms with van der Waals surface area (Å²) in [6, 6.07) is 0. The van der Waals surface area contributed by atoms with Gasteiger partial charge in [0.1, 0.15) is 0 Å². The van der Waals surface area contributed by atoms with Gasteiger partial charge in [-0.3, -0.25) is 9.69 Å². The molecule has 0 aliphatic carbocycles. The monoisotopic (exact) mass is 214 g/mol. The minimum absolute atomic E-state index is 0.249. The average Bonchev–Trinajstić information content (AvgIpc) is 2.27. The fraction of sp³-hybridized carbons (Fsp3) is 0.900. The predicted octanol–water partition coefficient (Wildman–Crippen LogP) is -1.36. The van der Waals surface area contributed by atoms with Gasteiger partial charge in [-0.1, -0.05) is 0 Å². The second kappa shape index (κ2) is 7.62. The van der Waals surface area contributed by atoms with E-state index in [-0.39, 0.29) is 6.61 Å². The third-order valence-corrected chi connectivity index (χ3v) is 2.73. The van der Waals surface area contributed by atoms with Crippen LogP contribution in [-0.4, -0.2) is 73.7 Å². The summed E-state index contributed by atoms with van der Waals surface area (Å²) >= 11 is 0. The molecule has 0 aromatic rings. The molecule has 5 heteroatoms. The normalized spacial score (nSPS) is 19.0. The third-order valence-electron chi connectivity index (χ3n) is 2.73. The molecule has 1 heterocycles. The van der Waals surface area contributed by atoms with Crippen LogP contribution < -0.4 is 5.32 Å². The van der Waals surface area contributed by atoms with E-state index in [2.05, 4.69) is 15.1 Å². The average molecular weight is 214 g/mol. The maximum Gasteiger partial charge on any atom is 0.309 e. The van der Waals surface area contributed by atoms with Crippen LogP contribution in [-0.2, 0) is 4.79 Å². The quantitative estimate of drug-likeness (QED) is 0.406. The van der Waals surface area contributed by atoms with E-state index in [0.29, 0.717) is 6.54 Å². The molecule has 1 rings (SSSR count). The number of piperazine rings is 1. The van der Waals surface area contributed by atoms with E-state index in [1.807, 2.05) is 0 Å². The summed E-state index contributed by atoms with van der Waals surface area (Å²) in [5.41, 5.74) is 0. The summed E-state index contributed by atoms with van der Waals surface area (Å²) in [5.74, 6) is 0. The maximum atomic E-state index is 9.89. The minimum Gasteiger partial charge on any atom is -0.395 e. The number of amides is 1. The summed E-state index contributed by atoms with van der Waals surface area (Å²) < 4.78 is 0. The highest BCUT2D eigenvalue weighted by Gasteiger charge is 2.15. The summed E-state index contributed by atoms with van der Waals surface area (Å²) in [6.07, 6.45) is 2.66. The van der Waals surface area contributed by atoms with Crippen molar-refractivity contribution in [1.29, 1.82) is 0 Å². The number of nitrogens with one attached hydrogen (secondary N) is 1. The Morgan fingerprint density at radius 2 is 1.73 bits per heavy atom. The van der Waals surface area contributed by atoms with E-state index in [1.165, 1.54) is 0 Å². The number of carbonyl (C=O) groups excluding carboxylic acids is 1. The first-order valence-corrected chi connectivity index (χ1v) is 5.52. The number of hydrogen-bond acceptors (Lipinski definition) is 4. The molecule has 0 unspecified atom stereocenters. The first-order valence-electron chi connectivity index (χ1n) is 5.52. The summed E-state index contributed by atoms with van der Waals surface area (Å²) in [6.45, 7) is 6.97. The van der Waals surface area contributed by atoms with Crippen molar-refractivity contribution in [2.75, 3.05) is 52.4 Å². The van der Waals surface area contributed by atoms with Crippen molar-refractivity contribution in [3.8, 4) is 0 Å². The molecule has 0 aromatic carbocycles. The zero-order valence-corrected chi connectivity index (χ0v) is 9.11. The SMILES string of the molecule is O=[C]NCCCN1CCN(CCO)CC1. The fourth-order valence-corrected chi connectivity index (χ4v) is 1.82. The summed E-state index contributed by atoms with van der Waals surface area (Å²) in [7, 11) is 0. The van der Waals surface area contributed by atoms with Crippen molar-refractivity contribution in [3.05, 3.63) is 0 Å². The van der Waals surface area contributed by atoms with Gasteiger partial charge in [-0.2, -0.15) is 0 Å². The van der Waals surface area contributed by atoms with Gasteiger partial charge in [-0.25, -0.2) is 0 Å². The zero-order chi connectivity index (χ0) is 10.9. The van der Waals surface area contributed by atoms with Gasteiger partial charge in [0.15, 0.2) is 0 Å². The Labute approximate surface area is 91.0 Å². The van der Waals surface area contributed by atoms with Crippen LogP contribution in [0.25, 0.3) is 0 Å². The van der Waals surface area contributed by atoms with Crippen molar-refractivity contribution in [2.45, 2.75) is 6.42 Å². The highest BCUT2D eigenvalue weighted by atomic mass is 16.3. The molecule has 0 atom stereocenters. The molecular formula is C10H20N3O2. The molecule has 1 aliphatic heterocycles. The molecule has 0 saturated carbocycles. The summed E-state index contributed by atoms with van der Waals surface area (Å²) in [5, 5.41) is 11.3. The van der Waals surface area contributed by atoms with Crippen LogP contribution in [0.4, 0.5) is 0 Å². The van der Waals surface area contributed by atoms with E-state index >= 15 is 0 Å². The molecule has 5 nitrogen and oxygen atoms in total. The van der Waals surface area contributed by atoms with Gasteiger partial charge in [0.2, 0.25) is 0 Å². The highest BCUT2D eigenvalue weighted by Crippen LogP contribution is 2.01. The number of β-amino-alcohol motifs (C(OH)–C–C–N with tert-alkyl or cyclic N) is 1. The van der Waals surface area contributed by atoms with E-state index in [4.69, 9.17) is 5.11 Å². The van der Waals surface area contributed by atoms with Crippen LogP contribution in [0, 0.1) is 0 Å². The molecule has 0 aromatic heterocycles. The zero-order valence-electron chi connectivity index (χ0n) is 9.11. The molecule has 1 amide bonds. The van der Waals surface area contributed by atoms with Crippen molar-refractivity contribution in [2.24, 2.45) is 0 Å². The van der Waals surface area contributed by atoms with E-state index in [9.17, 15) is 4.79 Å². The molecule has 87 valence electrons. The lowest BCUT2D eigenvalue weighted by atomic mass is 10.3. The van der Waals surface area contributed by atoms with Gasteiger partial charge < -0.3 is 15.3 Å². The van der Waals surface area contributed by atoms with Crippen molar-refractivity contribution >= 4 is 6.41 Å². The van der Waals surface area contributed by atoms with Crippen LogP contribution in [0.5, 0.6) is 0 Å². The van der Waals surface area contributed by atoms with Crippen LogP contribution in [0.1, 0.15) is 6.42 Å². The van der Waals surface area contributed by atoms with Gasteiger partial charge >= 0.3 is 6.41 Å². The molecular weight excluding hydrogens is 194 g/mol. The first-order chi connectivity index (χ1) is 7.36. The van der Waals surface area contributed by atoms with E-state index in [1.54, 1.807) is 6.41 Å². The van der Waals surface area contributed by atoms with Crippen LogP contribution in [0.2, 0.25) is 0 Å². The van der Waals surface area contributed by atoms with Crippen molar-refractivity contribution < 1.29 is 9.90 Å². The molecule has 2 N–H and O–H groups in total. The molecule has 0 bridgehead atoms. The smallest absolute Gasteiger partial charge is 0.309 e. The van der Waals surface area contributed by atoms with Crippen LogP contribution in [0.3, 0.4) is 0 Å². The number of aliphatic hydroxyl groups is 1. The van der Waals surface area contributed by atoms with Gasteiger partial charge in [0.25, 0.3) is 0 Å². The third kappa shape index (κ3) is 5.11. The Morgan fingerprint density at radius 3 is 2.27 bits per heavy atom. The number of hydrogen-bond donors (Lipinski definition) is 2. The van der Waals surface area contributed by atoms with Gasteiger partial charge in [0.05, 0.1) is 6.61 Å². The van der Waals surface area contributed by atoms with Gasteiger partial charge in [-0.15, -0.1) is 0 Å². The lowest BCUT2D eigenvalue weighted by Crippen LogP contribution is -2.47. The molecule has 1 aliphatic rings. The largest absolute Gasteiger partial charge is 0.395 e. The maximum absolute atomic E-state index is 9.89. The van der Waals surface area contributed by atoms with Gasteiger partial charge in [-0.05, 0) is 13.0 Å². The number of aliphatic hydroxyl groups excluding tert-OH is 1. The molecule has 1 saturated heterocycles. The Hall–Kier alpha value is -0.650. The second-order valence-corrected chi connectivity index (χ2v) is 3.79. The van der Waals surface area contributed by atoms with Crippen molar-refractivity contribution in [1.82, 2.24) is 15.1 Å². The summed E-state index contributed by atoms with van der Waals surface area (Å²) in [4.78, 5) is 14.6. The second-order valence-electron chi connectivity index (χ2n) is 3.79. The fourth-order valence-electron chi connectivity index (χ4n) is 1.82. The van der Waals surface area contributed by atoms with Gasteiger partial charge in [0, 0.05) is 39.3 Å². The Bertz CT molecular complexity index is 170. The topological polar surface area (TPSA) is 55.8 Å². The molecule has 15 heavy (non-hydrogen) atoms. The Morgan fingerprint density at radius 1 is 1.13 bits per heavy atom. The Kier molecular flexibility index (Phi) is 6.31. The molecule has 1 radical (unpaired) electrons. The highest BCUT2D eigenvalue weighted by molar-refractivity contribution is 5.46.